The number of aryl methyl sites for hydroxylation is 1. The lowest BCUT2D eigenvalue weighted by atomic mass is 10.2. The number of benzene rings is 2. The molecule has 0 radical (unpaired) electrons. The number of ether oxygens (including phenoxy) is 1. The van der Waals surface area contributed by atoms with Gasteiger partial charge in [0, 0.05) is 29.2 Å². The van der Waals surface area contributed by atoms with Crippen LogP contribution < -0.4 is 10.5 Å². The zero-order chi connectivity index (χ0) is 14.7. The van der Waals surface area contributed by atoms with E-state index in [-0.39, 0.29) is 0 Å². The molecule has 0 amide bonds. The Labute approximate surface area is 125 Å². The molecule has 0 atom stereocenters. The lowest BCUT2D eigenvalue weighted by Crippen LogP contribution is -2.09. The minimum atomic E-state index is 0.502. The number of fused-ring (bicyclic) bond motifs is 1. The fourth-order valence-electron chi connectivity index (χ4n) is 2.68. The van der Waals surface area contributed by atoms with Crippen LogP contribution in [0.3, 0.4) is 0 Å². The first-order valence-electron chi connectivity index (χ1n) is 7.25. The average molecular weight is 280 g/mol. The van der Waals surface area contributed by atoms with Gasteiger partial charge in [-0.15, -0.1) is 0 Å². The number of rotatable bonds is 5. The molecule has 0 unspecified atom stereocenters. The highest BCUT2D eigenvalue weighted by Crippen LogP contribution is 2.21. The van der Waals surface area contributed by atoms with Gasteiger partial charge in [-0.05, 0) is 24.6 Å². The van der Waals surface area contributed by atoms with E-state index in [4.69, 9.17) is 10.5 Å². The smallest absolute Gasteiger partial charge is 0.123 e. The number of hydrogen-bond acceptors (Lipinski definition) is 2. The molecule has 0 aliphatic rings. The van der Waals surface area contributed by atoms with Gasteiger partial charge in [0.15, 0.2) is 0 Å². The van der Waals surface area contributed by atoms with Gasteiger partial charge in [-0.25, -0.2) is 0 Å². The van der Waals surface area contributed by atoms with Gasteiger partial charge in [0.1, 0.15) is 12.4 Å². The molecule has 0 saturated heterocycles. The Morgan fingerprint density at radius 2 is 1.81 bits per heavy atom. The van der Waals surface area contributed by atoms with E-state index < -0.39 is 0 Å². The molecule has 3 rings (SSSR count). The molecule has 0 saturated carbocycles. The third-order valence-electron chi connectivity index (χ3n) is 3.77. The first-order chi connectivity index (χ1) is 10.3. The molecule has 2 N–H and O–H groups in total. The molecular formula is C18H20N2O. The van der Waals surface area contributed by atoms with Crippen molar-refractivity contribution in [2.75, 3.05) is 6.61 Å². The largest absolute Gasteiger partial charge is 0.491 e. The Balaban J connectivity index is 1.72. The predicted molar refractivity (Wildman–Crippen MR) is 86.5 cm³/mol. The molecule has 21 heavy (non-hydrogen) atoms. The second-order valence-corrected chi connectivity index (χ2v) is 5.18. The highest BCUT2D eigenvalue weighted by molar-refractivity contribution is 5.83. The van der Waals surface area contributed by atoms with Crippen molar-refractivity contribution in [2.45, 2.75) is 20.0 Å². The molecule has 0 bridgehead atoms. The Hall–Kier alpha value is -2.26. The van der Waals surface area contributed by atoms with Crippen LogP contribution in [0.25, 0.3) is 10.9 Å². The van der Waals surface area contributed by atoms with Crippen LogP contribution >= 0.6 is 0 Å². The number of hydrogen-bond donors (Lipinski definition) is 1. The van der Waals surface area contributed by atoms with Crippen molar-refractivity contribution < 1.29 is 4.74 Å². The minimum absolute atomic E-state index is 0.502. The zero-order valence-corrected chi connectivity index (χ0v) is 12.3. The van der Waals surface area contributed by atoms with E-state index in [0.717, 1.165) is 17.9 Å². The van der Waals surface area contributed by atoms with E-state index in [1.807, 2.05) is 24.3 Å². The molecule has 0 fully saturated rings. The van der Waals surface area contributed by atoms with Crippen LogP contribution in [0.2, 0.25) is 0 Å². The standard InChI is InChI=1S/C18H20N2O/c1-14-13-20(17-8-4-3-7-16(14)17)10-11-21-18-9-5-2-6-15(18)12-19/h2-9,13H,10-12,19H2,1H3. The quantitative estimate of drug-likeness (QED) is 0.777. The Morgan fingerprint density at radius 1 is 1.05 bits per heavy atom. The van der Waals surface area contributed by atoms with Gasteiger partial charge >= 0.3 is 0 Å². The van der Waals surface area contributed by atoms with Crippen LogP contribution in [0.5, 0.6) is 5.75 Å². The lowest BCUT2D eigenvalue weighted by Gasteiger charge is -2.11. The molecule has 108 valence electrons. The summed E-state index contributed by atoms with van der Waals surface area (Å²) in [7, 11) is 0. The molecule has 3 heteroatoms. The van der Waals surface area contributed by atoms with Gasteiger partial charge in [0.25, 0.3) is 0 Å². The molecule has 1 heterocycles. The van der Waals surface area contributed by atoms with Crippen LogP contribution in [0.1, 0.15) is 11.1 Å². The van der Waals surface area contributed by atoms with Gasteiger partial charge in [0.05, 0.1) is 6.54 Å². The maximum absolute atomic E-state index is 5.89. The average Bonchev–Trinajstić information content (AvgIpc) is 2.85. The van der Waals surface area contributed by atoms with Crippen LogP contribution in [0.15, 0.2) is 54.7 Å². The molecule has 3 nitrogen and oxygen atoms in total. The fraction of sp³-hybridized carbons (Fsp3) is 0.222. The van der Waals surface area contributed by atoms with Crippen LogP contribution in [0, 0.1) is 6.92 Å². The van der Waals surface area contributed by atoms with Crippen LogP contribution in [-0.2, 0) is 13.1 Å². The van der Waals surface area contributed by atoms with E-state index in [2.05, 4.69) is 42.0 Å². The van der Waals surface area contributed by atoms with Crippen molar-refractivity contribution in [1.29, 1.82) is 0 Å². The summed E-state index contributed by atoms with van der Waals surface area (Å²) in [5.41, 5.74) is 9.33. The lowest BCUT2D eigenvalue weighted by molar-refractivity contribution is 0.297. The van der Waals surface area contributed by atoms with Gasteiger partial charge in [-0.2, -0.15) is 0 Å². The van der Waals surface area contributed by atoms with Gasteiger partial charge in [-0.1, -0.05) is 36.4 Å². The van der Waals surface area contributed by atoms with Crippen LogP contribution in [0.4, 0.5) is 0 Å². The van der Waals surface area contributed by atoms with Crippen molar-refractivity contribution in [3.63, 3.8) is 0 Å². The van der Waals surface area contributed by atoms with E-state index in [9.17, 15) is 0 Å². The first-order valence-corrected chi connectivity index (χ1v) is 7.25. The maximum Gasteiger partial charge on any atom is 0.123 e. The Bertz CT molecular complexity index is 746. The second kappa shape index (κ2) is 6.02. The highest BCUT2D eigenvalue weighted by atomic mass is 16.5. The molecule has 3 aromatic rings. The van der Waals surface area contributed by atoms with Crippen LogP contribution in [-0.4, -0.2) is 11.2 Å². The molecular weight excluding hydrogens is 260 g/mol. The minimum Gasteiger partial charge on any atom is -0.491 e. The van der Waals surface area contributed by atoms with Gasteiger partial charge in [-0.3, -0.25) is 0 Å². The maximum atomic E-state index is 5.89. The van der Waals surface area contributed by atoms with Crippen molar-refractivity contribution >= 4 is 10.9 Å². The summed E-state index contributed by atoms with van der Waals surface area (Å²) in [6, 6.07) is 16.4. The summed E-state index contributed by atoms with van der Waals surface area (Å²) >= 11 is 0. The molecule has 0 spiro atoms. The number of nitrogens with zero attached hydrogens (tertiary/aromatic N) is 1. The second-order valence-electron chi connectivity index (χ2n) is 5.18. The predicted octanol–water partition coefficient (Wildman–Crippen LogP) is 3.49. The summed E-state index contributed by atoms with van der Waals surface area (Å²) in [5, 5.41) is 1.31. The molecule has 0 aliphatic heterocycles. The number of nitrogens with two attached hydrogens (primary N) is 1. The summed E-state index contributed by atoms with van der Waals surface area (Å²) in [6.07, 6.45) is 2.18. The first kappa shape index (κ1) is 13.7. The summed E-state index contributed by atoms with van der Waals surface area (Å²) in [6.45, 7) is 4.10. The van der Waals surface area contributed by atoms with Crippen molar-refractivity contribution in [2.24, 2.45) is 5.73 Å². The van der Waals surface area contributed by atoms with E-state index in [0.29, 0.717) is 13.2 Å². The molecule has 0 aliphatic carbocycles. The normalized spacial score (nSPS) is 11.0. The topological polar surface area (TPSA) is 40.2 Å². The zero-order valence-electron chi connectivity index (χ0n) is 12.3. The third kappa shape index (κ3) is 2.78. The Kier molecular flexibility index (Phi) is 3.93. The summed E-state index contributed by atoms with van der Waals surface area (Å²) in [5.74, 6) is 0.883. The van der Waals surface area contributed by atoms with Crippen molar-refractivity contribution in [1.82, 2.24) is 4.57 Å². The summed E-state index contributed by atoms with van der Waals surface area (Å²) in [4.78, 5) is 0. The van der Waals surface area contributed by atoms with E-state index in [1.165, 1.54) is 16.5 Å². The van der Waals surface area contributed by atoms with Crippen molar-refractivity contribution in [3.8, 4) is 5.75 Å². The number of para-hydroxylation sites is 2. The highest BCUT2D eigenvalue weighted by Gasteiger charge is 2.05. The molecule has 1 aromatic heterocycles. The fourth-order valence-corrected chi connectivity index (χ4v) is 2.68. The van der Waals surface area contributed by atoms with E-state index in [1.54, 1.807) is 0 Å². The third-order valence-corrected chi connectivity index (χ3v) is 3.77. The Morgan fingerprint density at radius 3 is 2.67 bits per heavy atom. The SMILES string of the molecule is Cc1cn(CCOc2ccccc2CN)c2ccccc12. The monoisotopic (exact) mass is 280 g/mol. The summed E-state index contributed by atoms with van der Waals surface area (Å²) < 4.78 is 8.14. The van der Waals surface area contributed by atoms with Crippen molar-refractivity contribution in [3.05, 3.63) is 65.9 Å². The van der Waals surface area contributed by atoms with Gasteiger partial charge in [0.2, 0.25) is 0 Å². The number of aromatic nitrogens is 1. The molecule has 2 aromatic carbocycles. The van der Waals surface area contributed by atoms with E-state index >= 15 is 0 Å². The van der Waals surface area contributed by atoms with Gasteiger partial charge < -0.3 is 15.0 Å².